The van der Waals surface area contributed by atoms with Crippen LogP contribution >= 0.6 is 0 Å². The van der Waals surface area contributed by atoms with Crippen LogP contribution in [0.5, 0.6) is 0 Å². The highest BCUT2D eigenvalue weighted by molar-refractivity contribution is 5.75. The molecular formula is C19H34O3. The zero-order valence-electron chi connectivity index (χ0n) is 15.3. The average Bonchev–Trinajstić information content (AvgIpc) is 3.11. The van der Waals surface area contributed by atoms with Gasteiger partial charge in [-0.3, -0.25) is 4.79 Å². The molecule has 2 aliphatic carbocycles. The molecule has 2 saturated carbocycles. The molecule has 2 rings (SSSR count). The van der Waals surface area contributed by atoms with Crippen LogP contribution in [0.15, 0.2) is 0 Å². The van der Waals surface area contributed by atoms with Crippen LogP contribution in [-0.4, -0.2) is 24.3 Å². The first-order valence-corrected chi connectivity index (χ1v) is 8.94. The Morgan fingerprint density at radius 1 is 1.36 bits per heavy atom. The summed E-state index contributed by atoms with van der Waals surface area (Å²) in [5, 5.41) is 0. The highest BCUT2D eigenvalue weighted by Crippen LogP contribution is 2.41. The highest BCUT2D eigenvalue weighted by Gasteiger charge is 2.41. The van der Waals surface area contributed by atoms with E-state index in [1.807, 2.05) is 13.8 Å². The van der Waals surface area contributed by atoms with Gasteiger partial charge in [0.25, 0.3) is 0 Å². The maximum atomic E-state index is 11.9. The predicted molar refractivity (Wildman–Crippen MR) is 88.6 cm³/mol. The van der Waals surface area contributed by atoms with Gasteiger partial charge in [-0.05, 0) is 63.7 Å². The number of esters is 1. The van der Waals surface area contributed by atoms with Crippen molar-refractivity contribution in [3.05, 3.63) is 0 Å². The number of ether oxygens (including phenoxy) is 2. The van der Waals surface area contributed by atoms with Gasteiger partial charge >= 0.3 is 5.97 Å². The van der Waals surface area contributed by atoms with Crippen molar-refractivity contribution in [3.8, 4) is 0 Å². The molecule has 0 heterocycles. The third kappa shape index (κ3) is 4.97. The Bertz CT molecular complexity index is 399. The smallest absolute Gasteiger partial charge is 0.309 e. The summed E-state index contributed by atoms with van der Waals surface area (Å²) < 4.78 is 11.7. The molecule has 128 valence electrons. The summed E-state index contributed by atoms with van der Waals surface area (Å²) >= 11 is 0. The van der Waals surface area contributed by atoms with Gasteiger partial charge in [-0.15, -0.1) is 0 Å². The summed E-state index contributed by atoms with van der Waals surface area (Å²) in [7, 11) is 0. The number of carbonyl (C=O) groups excluding carboxylic acids is 1. The molecule has 0 bridgehead atoms. The van der Waals surface area contributed by atoms with Gasteiger partial charge in [0.15, 0.2) is 0 Å². The lowest BCUT2D eigenvalue weighted by atomic mass is 9.71. The standard InChI is InChI=1S/C19H34O3/c1-13-10-16(13)17(20)21-12-19(5,6)22-14(2)15-8-7-9-18(3,4)11-15/h13-16H,7-12H2,1-6H3. The van der Waals surface area contributed by atoms with Gasteiger partial charge in [0.2, 0.25) is 0 Å². The first kappa shape index (κ1) is 17.8. The van der Waals surface area contributed by atoms with Crippen molar-refractivity contribution in [3.63, 3.8) is 0 Å². The molecule has 0 aromatic rings. The molecule has 0 saturated heterocycles. The molecule has 0 N–H and O–H groups in total. The number of rotatable bonds is 6. The summed E-state index contributed by atoms with van der Waals surface area (Å²) in [6.07, 6.45) is 6.28. The van der Waals surface area contributed by atoms with Crippen molar-refractivity contribution < 1.29 is 14.3 Å². The summed E-state index contributed by atoms with van der Waals surface area (Å²) in [4.78, 5) is 11.9. The Morgan fingerprint density at radius 2 is 2.00 bits per heavy atom. The Hall–Kier alpha value is -0.570. The summed E-state index contributed by atoms with van der Waals surface area (Å²) in [6.45, 7) is 13.4. The van der Waals surface area contributed by atoms with E-state index in [0.717, 1.165) is 6.42 Å². The van der Waals surface area contributed by atoms with Gasteiger partial charge in [-0.2, -0.15) is 0 Å². The van der Waals surface area contributed by atoms with Crippen LogP contribution in [0.2, 0.25) is 0 Å². The van der Waals surface area contributed by atoms with Crippen molar-refractivity contribution >= 4 is 5.97 Å². The van der Waals surface area contributed by atoms with Crippen LogP contribution in [0.25, 0.3) is 0 Å². The molecule has 0 spiro atoms. The minimum absolute atomic E-state index is 0.0457. The second-order valence-electron chi connectivity index (χ2n) is 9.03. The Kier molecular flexibility index (Phi) is 5.26. The Labute approximate surface area is 136 Å². The van der Waals surface area contributed by atoms with Gasteiger partial charge in [0.05, 0.1) is 17.6 Å². The minimum Gasteiger partial charge on any atom is -0.462 e. The lowest BCUT2D eigenvalue weighted by Gasteiger charge is -2.40. The molecule has 2 aliphatic rings. The second-order valence-corrected chi connectivity index (χ2v) is 9.03. The molecule has 22 heavy (non-hydrogen) atoms. The summed E-state index contributed by atoms with van der Waals surface area (Å²) in [6, 6.07) is 0. The van der Waals surface area contributed by atoms with E-state index in [0.29, 0.717) is 23.9 Å². The molecule has 0 aliphatic heterocycles. The third-order valence-electron chi connectivity index (χ3n) is 5.39. The van der Waals surface area contributed by atoms with E-state index < -0.39 is 5.60 Å². The molecule has 0 aromatic heterocycles. The van der Waals surface area contributed by atoms with Crippen LogP contribution in [-0.2, 0) is 14.3 Å². The van der Waals surface area contributed by atoms with Crippen molar-refractivity contribution in [2.24, 2.45) is 23.2 Å². The van der Waals surface area contributed by atoms with E-state index in [1.54, 1.807) is 0 Å². The fraction of sp³-hybridized carbons (Fsp3) is 0.947. The molecule has 4 atom stereocenters. The van der Waals surface area contributed by atoms with Gasteiger partial charge in [0, 0.05) is 0 Å². The molecule has 3 heteroatoms. The monoisotopic (exact) mass is 310 g/mol. The van der Waals surface area contributed by atoms with Gasteiger partial charge in [0.1, 0.15) is 6.61 Å². The first-order valence-electron chi connectivity index (χ1n) is 8.94. The molecule has 0 aromatic carbocycles. The molecule has 0 amide bonds. The van der Waals surface area contributed by atoms with Crippen molar-refractivity contribution in [1.82, 2.24) is 0 Å². The largest absolute Gasteiger partial charge is 0.462 e. The quantitative estimate of drug-likeness (QED) is 0.673. The van der Waals surface area contributed by atoms with E-state index >= 15 is 0 Å². The molecular weight excluding hydrogens is 276 g/mol. The maximum Gasteiger partial charge on any atom is 0.309 e. The fourth-order valence-corrected chi connectivity index (χ4v) is 3.79. The van der Waals surface area contributed by atoms with Crippen LogP contribution in [0.1, 0.15) is 73.6 Å². The van der Waals surface area contributed by atoms with Gasteiger partial charge < -0.3 is 9.47 Å². The predicted octanol–water partition coefficient (Wildman–Crippen LogP) is 4.59. The molecule has 2 fully saturated rings. The van der Waals surface area contributed by atoms with Crippen molar-refractivity contribution in [1.29, 1.82) is 0 Å². The lowest BCUT2D eigenvalue weighted by molar-refractivity contribution is -0.163. The number of hydrogen-bond acceptors (Lipinski definition) is 3. The van der Waals surface area contributed by atoms with Crippen LogP contribution in [0.3, 0.4) is 0 Å². The lowest BCUT2D eigenvalue weighted by Crippen LogP contribution is -2.40. The Balaban J connectivity index is 1.78. The van der Waals surface area contributed by atoms with E-state index in [2.05, 4.69) is 27.7 Å². The average molecular weight is 310 g/mol. The van der Waals surface area contributed by atoms with Gasteiger partial charge in [-0.1, -0.05) is 27.2 Å². The summed E-state index contributed by atoms with van der Waals surface area (Å²) in [5.41, 5.74) is 0.0219. The first-order chi connectivity index (χ1) is 10.1. The molecule has 0 radical (unpaired) electrons. The van der Waals surface area contributed by atoms with Crippen LogP contribution in [0, 0.1) is 23.2 Å². The van der Waals surface area contributed by atoms with Crippen LogP contribution in [0.4, 0.5) is 0 Å². The molecule has 4 unspecified atom stereocenters. The maximum absolute atomic E-state index is 11.9. The zero-order valence-corrected chi connectivity index (χ0v) is 15.3. The summed E-state index contributed by atoms with van der Waals surface area (Å²) in [5.74, 6) is 1.20. The SMILES string of the molecule is CC1CC1C(=O)OCC(C)(C)OC(C)C1CCCC(C)(C)C1. The van der Waals surface area contributed by atoms with E-state index in [-0.39, 0.29) is 18.0 Å². The van der Waals surface area contributed by atoms with E-state index in [9.17, 15) is 4.79 Å². The van der Waals surface area contributed by atoms with Gasteiger partial charge in [-0.25, -0.2) is 0 Å². The van der Waals surface area contributed by atoms with E-state index in [1.165, 1.54) is 25.7 Å². The van der Waals surface area contributed by atoms with Crippen molar-refractivity contribution in [2.75, 3.05) is 6.61 Å². The highest BCUT2D eigenvalue weighted by atomic mass is 16.6. The Morgan fingerprint density at radius 3 is 2.55 bits per heavy atom. The van der Waals surface area contributed by atoms with Crippen molar-refractivity contribution in [2.45, 2.75) is 85.4 Å². The van der Waals surface area contributed by atoms with Crippen LogP contribution < -0.4 is 0 Å². The normalized spacial score (nSPS) is 32.4. The minimum atomic E-state index is -0.408. The zero-order chi connectivity index (χ0) is 16.5. The second kappa shape index (κ2) is 6.51. The number of carbonyl (C=O) groups is 1. The third-order valence-corrected chi connectivity index (χ3v) is 5.39. The topological polar surface area (TPSA) is 35.5 Å². The van der Waals surface area contributed by atoms with E-state index in [4.69, 9.17) is 9.47 Å². The molecule has 3 nitrogen and oxygen atoms in total. The number of hydrogen-bond donors (Lipinski definition) is 0. The fourth-order valence-electron chi connectivity index (χ4n) is 3.79.